The molecule has 25 heavy (non-hydrogen) atoms. The summed E-state index contributed by atoms with van der Waals surface area (Å²) in [6, 6.07) is 6.05. The molecule has 0 aliphatic carbocycles. The smallest absolute Gasteiger partial charge is 0.231 e. The minimum Gasteiger partial charge on any atom is -0.454 e. The van der Waals surface area contributed by atoms with E-state index in [-0.39, 0.29) is 0 Å². The summed E-state index contributed by atoms with van der Waals surface area (Å²) in [6.07, 6.45) is 1.71. The van der Waals surface area contributed by atoms with Crippen LogP contribution in [0.2, 0.25) is 0 Å². The van der Waals surface area contributed by atoms with Crippen molar-refractivity contribution in [1.82, 2.24) is 9.88 Å². The van der Waals surface area contributed by atoms with E-state index >= 15 is 0 Å². The van der Waals surface area contributed by atoms with Gasteiger partial charge in [-0.2, -0.15) is 0 Å². The Morgan fingerprint density at radius 3 is 2.72 bits per heavy atom. The zero-order valence-corrected chi connectivity index (χ0v) is 15.3. The molecule has 1 aromatic carbocycles. The van der Waals surface area contributed by atoms with Crippen LogP contribution in [-0.4, -0.2) is 42.9 Å². The molecule has 0 unspecified atom stereocenters. The quantitative estimate of drug-likeness (QED) is 0.807. The van der Waals surface area contributed by atoms with Crippen LogP contribution >= 0.6 is 15.9 Å². The van der Waals surface area contributed by atoms with Crippen molar-refractivity contribution in [1.29, 1.82) is 0 Å². The third-order valence-electron chi connectivity index (χ3n) is 4.63. The van der Waals surface area contributed by atoms with Gasteiger partial charge >= 0.3 is 0 Å². The number of pyridine rings is 1. The summed E-state index contributed by atoms with van der Waals surface area (Å²) in [5.74, 6) is 2.08. The molecule has 0 spiro atoms. The van der Waals surface area contributed by atoms with Crippen molar-refractivity contribution in [2.45, 2.75) is 6.54 Å². The number of fused-ring (bicyclic) bond motifs is 1. The van der Waals surface area contributed by atoms with Crippen LogP contribution in [0.3, 0.4) is 0 Å². The lowest BCUT2D eigenvalue weighted by Gasteiger charge is -2.37. The molecule has 2 aliphatic heterocycles. The molecule has 0 saturated carbocycles. The predicted octanol–water partition coefficient (Wildman–Crippen LogP) is 2.06. The molecule has 1 aromatic heterocycles. The largest absolute Gasteiger partial charge is 0.454 e. The predicted molar refractivity (Wildman–Crippen MR) is 101 cm³/mol. The number of ether oxygens (including phenoxy) is 2. The Labute approximate surface area is 154 Å². The molecule has 132 valence electrons. The molecule has 8 heteroatoms. The molecule has 1 saturated heterocycles. The van der Waals surface area contributed by atoms with E-state index in [9.17, 15) is 0 Å². The van der Waals surface area contributed by atoms with Crippen LogP contribution in [0, 0.1) is 0 Å². The highest BCUT2D eigenvalue weighted by atomic mass is 79.9. The normalized spacial score (nSPS) is 17.1. The number of nitrogen functional groups attached to an aromatic ring is 2. The maximum atomic E-state index is 6.13. The second kappa shape index (κ2) is 6.61. The van der Waals surface area contributed by atoms with Crippen LogP contribution in [0.1, 0.15) is 5.56 Å². The van der Waals surface area contributed by atoms with Crippen LogP contribution < -0.4 is 25.8 Å². The molecule has 0 radical (unpaired) electrons. The van der Waals surface area contributed by atoms with Gasteiger partial charge in [-0.25, -0.2) is 4.98 Å². The fourth-order valence-corrected chi connectivity index (χ4v) is 3.88. The average Bonchev–Trinajstić information content (AvgIpc) is 3.10. The van der Waals surface area contributed by atoms with Crippen LogP contribution in [-0.2, 0) is 6.54 Å². The van der Waals surface area contributed by atoms with Gasteiger partial charge in [-0.3, -0.25) is 4.90 Å². The molecular weight excluding hydrogens is 386 g/mol. The van der Waals surface area contributed by atoms with Gasteiger partial charge in [-0.15, -0.1) is 0 Å². The van der Waals surface area contributed by atoms with Crippen LogP contribution in [0.5, 0.6) is 11.5 Å². The SMILES string of the molecule is Nc1ncc(Br)c(N2CCN(Cc3cccc4c3OCO4)CC2)c1N. The van der Waals surface area contributed by atoms with Gasteiger partial charge < -0.3 is 25.8 Å². The number of nitrogens with two attached hydrogens (primary N) is 2. The molecule has 2 aromatic rings. The second-order valence-electron chi connectivity index (χ2n) is 6.17. The highest BCUT2D eigenvalue weighted by molar-refractivity contribution is 9.10. The molecule has 0 amide bonds. The topological polar surface area (TPSA) is 89.9 Å². The Kier molecular flexibility index (Phi) is 4.30. The summed E-state index contributed by atoms with van der Waals surface area (Å²) in [5.41, 5.74) is 14.6. The number of hydrogen-bond donors (Lipinski definition) is 2. The van der Waals surface area contributed by atoms with E-state index in [0.717, 1.165) is 59.9 Å². The highest BCUT2D eigenvalue weighted by Gasteiger charge is 2.24. The Balaban J connectivity index is 1.44. The number of para-hydroxylation sites is 1. The first-order valence-corrected chi connectivity index (χ1v) is 8.97. The maximum Gasteiger partial charge on any atom is 0.231 e. The van der Waals surface area contributed by atoms with E-state index in [1.807, 2.05) is 12.1 Å². The third kappa shape index (κ3) is 3.07. The fourth-order valence-electron chi connectivity index (χ4n) is 3.31. The second-order valence-corrected chi connectivity index (χ2v) is 7.02. The van der Waals surface area contributed by atoms with Crippen molar-refractivity contribution in [3.05, 3.63) is 34.4 Å². The summed E-state index contributed by atoms with van der Waals surface area (Å²) in [7, 11) is 0. The lowest BCUT2D eigenvalue weighted by atomic mass is 10.1. The summed E-state index contributed by atoms with van der Waals surface area (Å²) < 4.78 is 11.9. The van der Waals surface area contributed by atoms with E-state index in [2.05, 4.69) is 36.8 Å². The number of aromatic nitrogens is 1. The summed E-state index contributed by atoms with van der Waals surface area (Å²) >= 11 is 3.54. The lowest BCUT2D eigenvalue weighted by Crippen LogP contribution is -2.46. The van der Waals surface area contributed by atoms with Gasteiger partial charge in [0.25, 0.3) is 0 Å². The van der Waals surface area contributed by atoms with Gasteiger partial charge in [0, 0.05) is 44.5 Å². The first-order valence-electron chi connectivity index (χ1n) is 8.17. The van der Waals surface area contributed by atoms with Crippen molar-refractivity contribution < 1.29 is 9.47 Å². The van der Waals surface area contributed by atoms with Gasteiger partial charge in [0.1, 0.15) is 5.82 Å². The lowest BCUT2D eigenvalue weighted by molar-refractivity contribution is 0.171. The first kappa shape index (κ1) is 16.3. The molecule has 0 bridgehead atoms. The van der Waals surface area contributed by atoms with Crippen molar-refractivity contribution >= 4 is 33.1 Å². The number of benzene rings is 1. The number of nitrogens with zero attached hydrogens (tertiary/aromatic N) is 3. The van der Waals surface area contributed by atoms with Crippen molar-refractivity contribution in [3.63, 3.8) is 0 Å². The summed E-state index contributed by atoms with van der Waals surface area (Å²) in [4.78, 5) is 8.74. The van der Waals surface area contributed by atoms with Crippen LogP contribution in [0.15, 0.2) is 28.9 Å². The number of piperazine rings is 1. The Hall–Kier alpha value is -2.19. The standard InChI is InChI=1S/C17H20BrN5O2/c18-12-8-21-17(20)14(19)15(12)23-6-4-22(5-7-23)9-11-2-1-3-13-16(11)25-10-24-13/h1-3,8H,4-7,9-10,19H2,(H2,20,21). The molecule has 2 aliphatic rings. The van der Waals surface area contributed by atoms with E-state index in [0.29, 0.717) is 18.3 Å². The Morgan fingerprint density at radius 2 is 1.92 bits per heavy atom. The zero-order chi connectivity index (χ0) is 17.4. The van der Waals surface area contributed by atoms with E-state index in [4.69, 9.17) is 20.9 Å². The molecule has 0 atom stereocenters. The maximum absolute atomic E-state index is 6.13. The molecule has 4 rings (SSSR count). The van der Waals surface area contributed by atoms with E-state index in [1.165, 1.54) is 0 Å². The minimum atomic E-state index is 0.302. The summed E-state index contributed by atoms with van der Waals surface area (Å²) in [5, 5.41) is 0. The van der Waals surface area contributed by atoms with Crippen molar-refractivity contribution in [2.24, 2.45) is 0 Å². The monoisotopic (exact) mass is 405 g/mol. The van der Waals surface area contributed by atoms with Crippen molar-refractivity contribution in [2.75, 3.05) is 49.3 Å². The molecule has 3 heterocycles. The van der Waals surface area contributed by atoms with Crippen molar-refractivity contribution in [3.8, 4) is 11.5 Å². The van der Waals surface area contributed by atoms with Gasteiger partial charge in [-0.05, 0) is 22.0 Å². The van der Waals surface area contributed by atoms with E-state index < -0.39 is 0 Å². The fraction of sp³-hybridized carbons (Fsp3) is 0.353. The third-order valence-corrected chi connectivity index (χ3v) is 5.22. The van der Waals surface area contributed by atoms with Crippen LogP contribution in [0.4, 0.5) is 17.2 Å². The molecule has 7 nitrogen and oxygen atoms in total. The summed E-state index contributed by atoms with van der Waals surface area (Å²) in [6.45, 7) is 4.75. The van der Waals surface area contributed by atoms with Crippen LogP contribution in [0.25, 0.3) is 0 Å². The number of halogens is 1. The minimum absolute atomic E-state index is 0.302. The van der Waals surface area contributed by atoms with Gasteiger partial charge in [0.05, 0.1) is 15.8 Å². The van der Waals surface area contributed by atoms with E-state index in [1.54, 1.807) is 6.20 Å². The zero-order valence-electron chi connectivity index (χ0n) is 13.7. The Morgan fingerprint density at radius 1 is 1.12 bits per heavy atom. The first-order chi connectivity index (χ1) is 12.1. The average molecular weight is 406 g/mol. The number of rotatable bonds is 3. The van der Waals surface area contributed by atoms with Gasteiger partial charge in [0.15, 0.2) is 11.5 Å². The number of hydrogen-bond acceptors (Lipinski definition) is 7. The Bertz CT molecular complexity index is 793. The number of anilines is 3. The molecular formula is C17H20BrN5O2. The molecule has 1 fully saturated rings. The van der Waals surface area contributed by atoms with Gasteiger partial charge in [-0.1, -0.05) is 12.1 Å². The highest BCUT2D eigenvalue weighted by Crippen LogP contribution is 2.37. The molecule has 4 N–H and O–H groups in total. The van der Waals surface area contributed by atoms with Gasteiger partial charge in [0.2, 0.25) is 6.79 Å².